The highest BCUT2D eigenvalue weighted by Crippen LogP contribution is 2.17. The van der Waals surface area contributed by atoms with E-state index in [9.17, 15) is 14.4 Å². The summed E-state index contributed by atoms with van der Waals surface area (Å²) in [5, 5.41) is 0. The van der Waals surface area contributed by atoms with Crippen LogP contribution in [-0.2, 0) is 28.6 Å². The summed E-state index contributed by atoms with van der Waals surface area (Å²) in [6.07, 6.45) is 81.4. The van der Waals surface area contributed by atoms with Crippen LogP contribution in [0.2, 0.25) is 0 Å². The molecule has 0 fully saturated rings. The van der Waals surface area contributed by atoms with Gasteiger partial charge in [0.15, 0.2) is 6.10 Å². The van der Waals surface area contributed by atoms with Crippen LogP contribution in [0.1, 0.15) is 361 Å². The second-order valence-corrected chi connectivity index (χ2v) is 22.7. The lowest BCUT2D eigenvalue weighted by Gasteiger charge is -2.18. The van der Waals surface area contributed by atoms with Crippen LogP contribution in [-0.4, -0.2) is 37.2 Å². The topological polar surface area (TPSA) is 78.9 Å². The number of allylic oxidation sites excluding steroid dienone is 8. The van der Waals surface area contributed by atoms with Crippen LogP contribution in [0.4, 0.5) is 0 Å². The molecule has 0 aliphatic rings. The number of rotatable bonds is 62. The zero-order valence-electron chi connectivity index (χ0n) is 51.0. The molecule has 0 saturated carbocycles. The highest BCUT2D eigenvalue weighted by molar-refractivity contribution is 5.71. The Morgan fingerprint density at radius 3 is 0.789 bits per heavy atom. The average molecular weight is 1070 g/mol. The molecule has 0 aliphatic carbocycles. The maximum atomic E-state index is 12.9. The summed E-state index contributed by atoms with van der Waals surface area (Å²) < 4.78 is 16.9. The van der Waals surface area contributed by atoms with Gasteiger partial charge in [-0.15, -0.1) is 0 Å². The van der Waals surface area contributed by atoms with Crippen LogP contribution in [0.25, 0.3) is 0 Å². The van der Waals surface area contributed by atoms with Gasteiger partial charge < -0.3 is 14.2 Å². The number of ether oxygens (including phenoxy) is 3. The summed E-state index contributed by atoms with van der Waals surface area (Å²) in [7, 11) is 0. The predicted octanol–water partition coefficient (Wildman–Crippen LogP) is 22.9. The molecule has 0 aromatic carbocycles. The number of hydrogen-bond acceptors (Lipinski definition) is 6. The molecule has 0 aromatic heterocycles. The van der Waals surface area contributed by atoms with Crippen LogP contribution in [0, 0.1) is 0 Å². The molecule has 444 valence electrons. The van der Waals surface area contributed by atoms with Gasteiger partial charge in [0.1, 0.15) is 13.2 Å². The third-order valence-corrected chi connectivity index (χ3v) is 15.0. The maximum absolute atomic E-state index is 12.9. The predicted molar refractivity (Wildman–Crippen MR) is 330 cm³/mol. The molecule has 0 aliphatic heterocycles. The number of esters is 3. The largest absolute Gasteiger partial charge is 0.462 e. The van der Waals surface area contributed by atoms with Crippen molar-refractivity contribution >= 4 is 17.9 Å². The first kappa shape index (κ1) is 73.4. The van der Waals surface area contributed by atoms with Crippen molar-refractivity contribution in [3.63, 3.8) is 0 Å². The summed E-state index contributed by atoms with van der Waals surface area (Å²) in [5.41, 5.74) is 0. The Morgan fingerprint density at radius 1 is 0.263 bits per heavy atom. The average Bonchev–Trinajstić information content (AvgIpc) is 3.42. The Balaban J connectivity index is 4.16. The molecule has 0 spiro atoms. The van der Waals surface area contributed by atoms with Crippen molar-refractivity contribution in [3.05, 3.63) is 48.6 Å². The Kier molecular flexibility index (Phi) is 62.6. The highest BCUT2D eigenvalue weighted by Gasteiger charge is 2.19. The fourth-order valence-electron chi connectivity index (χ4n) is 9.92. The quantitative estimate of drug-likeness (QED) is 0.0261. The fraction of sp³-hybridized carbons (Fsp3) is 0.843. The van der Waals surface area contributed by atoms with Crippen molar-refractivity contribution in [1.29, 1.82) is 0 Å². The van der Waals surface area contributed by atoms with Crippen molar-refractivity contribution in [3.8, 4) is 0 Å². The Hall–Kier alpha value is -2.63. The van der Waals surface area contributed by atoms with E-state index < -0.39 is 6.10 Å². The lowest BCUT2D eigenvalue weighted by atomic mass is 10.0. The first-order valence-corrected chi connectivity index (χ1v) is 33.6. The van der Waals surface area contributed by atoms with Gasteiger partial charge in [-0.1, -0.05) is 294 Å². The van der Waals surface area contributed by atoms with Gasteiger partial charge in [-0.2, -0.15) is 0 Å². The highest BCUT2D eigenvalue weighted by atomic mass is 16.6. The number of carbonyl (C=O) groups is 3. The van der Waals surface area contributed by atoms with Gasteiger partial charge in [0.2, 0.25) is 0 Å². The van der Waals surface area contributed by atoms with Crippen LogP contribution in [0.5, 0.6) is 0 Å². The van der Waals surface area contributed by atoms with Gasteiger partial charge in [0.25, 0.3) is 0 Å². The van der Waals surface area contributed by atoms with Gasteiger partial charge in [0, 0.05) is 19.3 Å². The van der Waals surface area contributed by atoms with Crippen molar-refractivity contribution in [2.75, 3.05) is 13.2 Å². The van der Waals surface area contributed by atoms with Crippen LogP contribution in [0.3, 0.4) is 0 Å². The minimum Gasteiger partial charge on any atom is -0.462 e. The Labute approximate surface area is 473 Å². The normalized spacial score (nSPS) is 12.3. The number of hydrogen-bond donors (Lipinski definition) is 0. The van der Waals surface area contributed by atoms with Gasteiger partial charge in [-0.05, 0) is 96.3 Å². The molecule has 0 amide bonds. The summed E-state index contributed by atoms with van der Waals surface area (Å²) in [6.45, 7) is 6.62. The number of carbonyl (C=O) groups excluding carboxylic acids is 3. The molecule has 0 bridgehead atoms. The van der Waals surface area contributed by atoms with E-state index in [1.807, 2.05) is 0 Å². The second-order valence-electron chi connectivity index (χ2n) is 22.7. The van der Waals surface area contributed by atoms with Gasteiger partial charge >= 0.3 is 17.9 Å². The molecular weight excluding hydrogens is 937 g/mol. The van der Waals surface area contributed by atoms with E-state index in [2.05, 4.69) is 69.4 Å². The SMILES string of the molecule is CCCC/C=C\CCCCCCCC(=O)OCC(COC(=O)CCCCCCCCCCCCCCCCCCC/C=C\CCCCCCCCCC)OC(=O)CCCCCCCCC/C=C\C/C=C\CCCCCC. The zero-order chi connectivity index (χ0) is 55.0. The lowest BCUT2D eigenvalue weighted by Crippen LogP contribution is -2.30. The standard InChI is InChI=1S/C70H128O6/c1-4-7-10-13-16-19-22-24-26-28-30-31-32-33-34-35-36-37-38-39-40-42-43-45-48-51-54-57-60-63-69(72)75-66-67(65-74-68(71)62-59-56-53-50-47-21-18-15-12-9-6-3)76-70(73)64-61-58-55-52-49-46-44-41-29-27-25-23-20-17-14-11-8-5-2/h15,18,20,23,27-30,67H,4-14,16-17,19,21-22,24-26,31-66H2,1-3H3/b18-15-,23-20-,29-27-,30-28-. The summed E-state index contributed by atoms with van der Waals surface area (Å²) >= 11 is 0. The molecule has 0 saturated heterocycles. The molecule has 1 unspecified atom stereocenters. The molecule has 0 heterocycles. The van der Waals surface area contributed by atoms with E-state index in [0.717, 1.165) is 77.0 Å². The Morgan fingerprint density at radius 2 is 0.487 bits per heavy atom. The van der Waals surface area contributed by atoms with Crippen molar-refractivity contribution in [2.45, 2.75) is 367 Å². The number of unbranched alkanes of at least 4 members (excludes halogenated alkanes) is 43. The van der Waals surface area contributed by atoms with Crippen LogP contribution in [0.15, 0.2) is 48.6 Å². The first-order valence-electron chi connectivity index (χ1n) is 33.6. The summed E-state index contributed by atoms with van der Waals surface area (Å²) in [6, 6.07) is 0. The summed E-state index contributed by atoms with van der Waals surface area (Å²) in [5.74, 6) is -0.875. The maximum Gasteiger partial charge on any atom is 0.306 e. The minimum atomic E-state index is -0.779. The first-order chi connectivity index (χ1) is 37.5. The smallest absolute Gasteiger partial charge is 0.306 e. The molecule has 6 heteroatoms. The van der Waals surface area contributed by atoms with Gasteiger partial charge in [0.05, 0.1) is 0 Å². The van der Waals surface area contributed by atoms with Crippen LogP contribution < -0.4 is 0 Å². The van der Waals surface area contributed by atoms with Gasteiger partial charge in [-0.3, -0.25) is 14.4 Å². The van der Waals surface area contributed by atoms with Crippen LogP contribution >= 0.6 is 0 Å². The molecule has 6 nitrogen and oxygen atoms in total. The van der Waals surface area contributed by atoms with E-state index in [4.69, 9.17) is 14.2 Å². The molecule has 76 heavy (non-hydrogen) atoms. The van der Waals surface area contributed by atoms with E-state index in [1.165, 1.54) is 244 Å². The third-order valence-electron chi connectivity index (χ3n) is 15.0. The molecule has 0 aromatic rings. The van der Waals surface area contributed by atoms with E-state index in [1.54, 1.807) is 0 Å². The van der Waals surface area contributed by atoms with E-state index >= 15 is 0 Å². The molecule has 0 N–H and O–H groups in total. The second kappa shape index (κ2) is 64.9. The van der Waals surface area contributed by atoms with Gasteiger partial charge in [-0.25, -0.2) is 0 Å². The molecule has 0 rings (SSSR count). The van der Waals surface area contributed by atoms with Crippen molar-refractivity contribution in [1.82, 2.24) is 0 Å². The zero-order valence-corrected chi connectivity index (χ0v) is 51.0. The fourth-order valence-corrected chi connectivity index (χ4v) is 9.92. The molecule has 0 radical (unpaired) electrons. The van der Waals surface area contributed by atoms with E-state index in [-0.39, 0.29) is 31.1 Å². The lowest BCUT2D eigenvalue weighted by molar-refractivity contribution is -0.167. The molecule has 1 atom stereocenters. The monoisotopic (exact) mass is 1060 g/mol. The van der Waals surface area contributed by atoms with Crippen molar-refractivity contribution < 1.29 is 28.6 Å². The van der Waals surface area contributed by atoms with Crippen molar-refractivity contribution in [2.24, 2.45) is 0 Å². The van der Waals surface area contributed by atoms with E-state index in [0.29, 0.717) is 19.3 Å². The molecular formula is C70H128O6. The summed E-state index contributed by atoms with van der Waals surface area (Å²) in [4.78, 5) is 38.3. The third kappa shape index (κ3) is 62.2. The Bertz CT molecular complexity index is 1310. The minimum absolute atomic E-state index is 0.0759.